The highest BCUT2D eigenvalue weighted by Gasteiger charge is 2.08. The number of carbonyl (C=O) groups excluding carboxylic acids is 1. The first kappa shape index (κ1) is 11.8. The SMILES string of the molecule is COC(=O)CCc1csc(-c2ccn(C)n2)n1. The van der Waals surface area contributed by atoms with Gasteiger partial charge in [0.15, 0.2) is 0 Å². The Morgan fingerprint density at radius 1 is 1.59 bits per heavy atom. The van der Waals surface area contributed by atoms with Crippen molar-refractivity contribution < 1.29 is 9.53 Å². The van der Waals surface area contributed by atoms with Gasteiger partial charge in [-0.2, -0.15) is 5.10 Å². The molecule has 0 saturated heterocycles. The minimum Gasteiger partial charge on any atom is -0.469 e. The van der Waals surface area contributed by atoms with Gasteiger partial charge in [0, 0.05) is 25.0 Å². The van der Waals surface area contributed by atoms with Crippen LogP contribution in [0.15, 0.2) is 17.6 Å². The fourth-order valence-electron chi connectivity index (χ4n) is 1.40. The van der Waals surface area contributed by atoms with Crippen LogP contribution >= 0.6 is 11.3 Å². The number of carbonyl (C=O) groups is 1. The van der Waals surface area contributed by atoms with E-state index in [0.717, 1.165) is 16.4 Å². The van der Waals surface area contributed by atoms with Crippen LogP contribution in [0, 0.1) is 0 Å². The minimum absolute atomic E-state index is 0.211. The molecule has 0 spiro atoms. The van der Waals surface area contributed by atoms with E-state index in [-0.39, 0.29) is 5.97 Å². The molecule has 5 nitrogen and oxygen atoms in total. The van der Waals surface area contributed by atoms with Crippen LogP contribution in [0.4, 0.5) is 0 Å². The highest BCUT2D eigenvalue weighted by atomic mass is 32.1. The van der Waals surface area contributed by atoms with Crippen molar-refractivity contribution in [1.29, 1.82) is 0 Å². The molecule has 0 aromatic carbocycles. The third kappa shape index (κ3) is 2.91. The Bertz CT molecular complexity index is 518. The first-order valence-corrected chi connectivity index (χ1v) is 6.08. The van der Waals surface area contributed by atoms with Crippen LogP contribution in [0.5, 0.6) is 0 Å². The number of thiazole rings is 1. The Morgan fingerprint density at radius 3 is 3.06 bits per heavy atom. The quantitative estimate of drug-likeness (QED) is 0.775. The van der Waals surface area contributed by atoms with Gasteiger partial charge in [-0.1, -0.05) is 0 Å². The second-order valence-corrected chi connectivity index (χ2v) is 4.45. The zero-order valence-electron chi connectivity index (χ0n) is 9.71. The largest absolute Gasteiger partial charge is 0.469 e. The summed E-state index contributed by atoms with van der Waals surface area (Å²) in [5.41, 5.74) is 1.77. The van der Waals surface area contributed by atoms with Gasteiger partial charge in [0.05, 0.1) is 19.2 Å². The summed E-state index contributed by atoms with van der Waals surface area (Å²) in [6.07, 6.45) is 2.85. The van der Waals surface area contributed by atoms with Gasteiger partial charge in [0.25, 0.3) is 0 Å². The van der Waals surface area contributed by atoms with Gasteiger partial charge in [-0.25, -0.2) is 4.98 Å². The van der Waals surface area contributed by atoms with Gasteiger partial charge >= 0.3 is 5.97 Å². The number of rotatable bonds is 4. The molecule has 0 N–H and O–H groups in total. The average Bonchev–Trinajstić information content (AvgIpc) is 2.94. The molecule has 0 aliphatic heterocycles. The first-order chi connectivity index (χ1) is 8.19. The standard InChI is InChI=1S/C11H13N3O2S/c1-14-6-5-9(13-14)11-12-8(7-17-11)3-4-10(15)16-2/h5-7H,3-4H2,1-2H3. The van der Waals surface area contributed by atoms with Crippen molar-refractivity contribution in [3.8, 4) is 10.7 Å². The number of aromatic nitrogens is 3. The first-order valence-electron chi connectivity index (χ1n) is 5.20. The van der Waals surface area contributed by atoms with E-state index in [9.17, 15) is 4.79 Å². The fraction of sp³-hybridized carbons (Fsp3) is 0.364. The highest BCUT2D eigenvalue weighted by Crippen LogP contribution is 2.22. The van der Waals surface area contributed by atoms with Gasteiger partial charge < -0.3 is 4.74 Å². The minimum atomic E-state index is -0.211. The van der Waals surface area contributed by atoms with Gasteiger partial charge in [0.2, 0.25) is 0 Å². The molecule has 0 fully saturated rings. The van der Waals surface area contributed by atoms with Gasteiger partial charge in [0.1, 0.15) is 10.7 Å². The Morgan fingerprint density at radius 2 is 2.41 bits per heavy atom. The van der Waals surface area contributed by atoms with E-state index in [1.807, 2.05) is 24.7 Å². The molecule has 0 amide bonds. The predicted octanol–water partition coefficient (Wildman–Crippen LogP) is 1.65. The second-order valence-electron chi connectivity index (χ2n) is 3.59. The van der Waals surface area contributed by atoms with E-state index in [2.05, 4.69) is 14.8 Å². The Balaban J connectivity index is 2.03. The Hall–Kier alpha value is -1.69. The lowest BCUT2D eigenvalue weighted by Crippen LogP contribution is -2.01. The molecule has 2 rings (SSSR count). The maximum absolute atomic E-state index is 11.0. The molecule has 0 aliphatic rings. The molecule has 17 heavy (non-hydrogen) atoms. The van der Waals surface area contributed by atoms with Crippen molar-refractivity contribution in [2.45, 2.75) is 12.8 Å². The normalized spacial score (nSPS) is 10.5. The number of nitrogens with zero attached hydrogens (tertiary/aromatic N) is 3. The van der Waals surface area contributed by atoms with Crippen LogP contribution in [0.3, 0.4) is 0 Å². The molecule has 2 heterocycles. The summed E-state index contributed by atoms with van der Waals surface area (Å²) in [4.78, 5) is 15.4. The number of aryl methyl sites for hydroxylation is 2. The van der Waals surface area contributed by atoms with Crippen molar-refractivity contribution in [1.82, 2.24) is 14.8 Å². The van der Waals surface area contributed by atoms with Gasteiger partial charge in [-0.15, -0.1) is 11.3 Å². The maximum Gasteiger partial charge on any atom is 0.305 e. The summed E-state index contributed by atoms with van der Waals surface area (Å²) in [6, 6.07) is 1.92. The van der Waals surface area contributed by atoms with E-state index >= 15 is 0 Å². The maximum atomic E-state index is 11.0. The second kappa shape index (κ2) is 5.09. The molecule has 0 radical (unpaired) electrons. The van der Waals surface area contributed by atoms with E-state index < -0.39 is 0 Å². The number of methoxy groups -OCH3 is 1. The van der Waals surface area contributed by atoms with Crippen molar-refractivity contribution in [2.75, 3.05) is 7.11 Å². The van der Waals surface area contributed by atoms with E-state index in [0.29, 0.717) is 12.8 Å². The molecule has 0 unspecified atom stereocenters. The summed E-state index contributed by atoms with van der Waals surface area (Å²) >= 11 is 1.54. The lowest BCUT2D eigenvalue weighted by atomic mass is 10.2. The zero-order chi connectivity index (χ0) is 12.3. The zero-order valence-corrected chi connectivity index (χ0v) is 10.5. The highest BCUT2D eigenvalue weighted by molar-refractivity contribution is 7.13. The van der Waals surface area contributed by atoms with Crippen LogP contribution in [-0.4, -0.2) is 27.8 Å². The average molecular weight is 251 g/mol. The van der Waals surface area contributed by atoms with Gasteiger partial charge in [-0.3, -0.25) is 9.48 Å². The van der Waals surface area contributed by atoms with Crippen molar-refractivity contribution >= 4 is 17.3 Å². The molecule has 2 aromatic heterocycles. The summed E-state index contributed by atoms with van der Waals surface area (Å²) in [5.74, 6) is -0.211. The van der Waals surface area contributed by atoms with E-state index in [4.69, 9.17) is 0 Å². The van der Waals surface area contributed by atoms with Crippen LogP contribution in [0.25, 0.3) is 10.7 Å². The van der Waals surface area contributed by atoms with Crippen molar-refractivity contribution in [3.05, 3.63) is 23.3 Å². The van der Waals surface area contributed by atoms with Crippen LogP contribution in [-0.2, 0) is 23.0 Å². The summed E-state index contributed by atoms with van der Waals surface area (Å²) in [5, 5.41) is 7.11. The van der Waals surface area contributed by atoms with Crippen LogP contribution in [0.1, 0.15) is 12.1 Å². The fourth-order valence-corrected chi connectivity index (χ4v) is 2.22. The molecule has 0 saturated carbocycles. The van der Waals surface area contributed by atoms with Crippen LogP contribution in [0.2, 0.25) is 0 Å². The third-order valence-corrected chi connectivity index (χ3v) is 3.21. The summed E-state index contributed by atoms with van der Waals surface area (Å²) < 4.78 is 6.33. The van der Waals surface area contributed by atoms with E-state index in [1.165, 1.54) is 18.4 Å². The molecule has 6 heteroatoms. The van der Waals surface area contributed by atoms with Gasteiger partial charge in [-0.05, 0) is 6.07 Å². The number of hydrogen-bond donors (Lipinski definition) is 0. The molecule has 90 valence electrons. The molecule has 2 aromatic rings. The summed E-state index contributed by atoms with van der Waals surface area (Å²) in [7, 11) is 3.26. The molecular formula is C11H13N3O2S. The molecule has 0 atom stereocenters. The molecule has 0 aliphatic carbocycles. The monoisotopic (exact) mass is 251 g/mol. The number of esters is 1. The number of ether oxygens (including phenoxy) is 1. The topological polar surface area (TPSA) is 57.0 Å². The van der Waals surface area contributed by atoms with E-state index in [1.54, 1.807) is 4.68 Å². The van der Waals surface area contributed by atoms with Crippen molar-refractivity contribution in [3.63, 3.8) is 0 Å². The molecule has 0 bridgehead atoms. The lowest BCUT2D eigenvalue weighted by Gasteiger charge is -1.95. The lowest BCUT2D eigenvalue weighted by molar-refractivity contribution is -0.140. The van der Waals surface area contributed by atoms with Crippen LogP contribution < -0.4 is 0 Å². The van der Waals surface area contributed by atoms with Crippen molar-refractivity contribution in [2.24, 2.45) is 7.05 Å². The molecular weight excluding hydrogens is 238 g/mol. The summed E-state index contributed by atoms with van der Waals surface area (Å²) in [6.45, 7) is 0. The Kier molecular flexibility index (Phi) is 3.53. The smallest absolute Gasteiger partial charge is 0.305 e. The third-order valence-electron chi connectivity index (χ3n) is 2.30. The number of hydrogen-bond acceptors (Lipinski definition) is 5. The predicted molar refractivity (Wildman–Crippen MR) is 64.7 cm³/mol. The Labute approximate surface area is 103 Å².